The van der Waals surface area contributed by atoms with Crippen molar-refractivity contribution in [3.8, 4) is 5.75 Å². The predicted molar refractivity (Wildman–Crippen MR) is 212 cm³/mol. The lowest BCUT2D eigenvalue weighted by molar-refractivity contribution is -0.221. The van der Waals surface area contributed by atoms with Crippen LogP contribution in [0, 0.1) is 13.8 Å². The highest BCUT2D eigenvalue weighted by Gasteiger charge is 2.56. The molecule has 5 rings (SSSR count). The molecule has 0 saturated carbocycles. The maximum atomic E-state index is 14.5. The zero-order valence-corrected chi connectivity index (χ0v) is 35.1. The third kappa shape index (κ3) is 10.7. The molecule has 3 aliphatic rings. The molecule has 326 valence electrons. The molecule has 2 aromatic rings. The first-order valence-corrected chi connectivity index (χ1v) is 21.1. The van der Waals surface area contributed by atoms with E-state index < -0.39 is 94.0 Å². The van der Waals surface area contributed by atoms with E-state index in [-0.39, 0.29) is 42.3 Å². The van der Waals surface area contributed by atoms with Crippen LogP contribution in [0.4, 0.5) is 4.79 Å². The number of nitrogens with zero attached hydrogens (tertiary/aromatic N) is 2. The Labute approximate surface area is 344 Å². The standard InChI is InChI=1S/C40H57N5O13S/c1-24-18-27(19-25(2)32(24)49)35(51)41-21-30(48)33(50)34-31(42-26(3)46)29(47)20-40(57-34,36(52)43-59(54,55)28-10-8-7-9-11-28)13-15-45-16-17-56-23-39(45)12-14-44(22-39)37(53)58-38(4,5)6/h7-11,18-19,29-31,33-34,47-50H,12-17,20-23H2,1-6H3,(H,41,51)(H,42,46)(H,43,52)/t29-,30+,31+,33+,34+,39-,40+/m0/s1. The first-order chi connectivity index (χ1) is 27.6. The van der Waals surface area contributed by atoms with Crippen LogP contribution in [0.5, 0.6) is 5.75 Å². The van der Waals surface area contributed by atoms with Gasteiger partial charge in [-0.2, -0.15) is 0 Å². The lowest BCUT2D eigenvalue weighted by Gasteiger charge is -2.50. The summed E-state index contributed by atoms with van der Waals surface area (Å²) in [6, 6.07) is 8.63. The van der Waals surface area contributed by atoms with Crippen LogP contribution in [0.1, 0.15) is 68.4 Å². The minimum absolute atomic E-state index is 0.0212. The Balaban J connectivity index is 1.44. The van der Waals surface area contributed by atoms with Crippen LogP contribution in [0.15, 0.2) is 47.4 Å². The number of carbonyl (C=O) groups is 4. The summed E-state index contributed by atoms with van der Waals surface area (Å²) in [5, 5.41) is 49.8. The Hall–Kier alpha value is -4.37. The van der Waals surface area contributed by atoms with Gasteiger partial charge in [-0.15, -0.1) is 0 Å². The molecule has 7 atom stereocenters. The van der Waals surface area contributed by atoms with Crippen LogP contribution < -0.4 is 15.4 Å². The van der Waals surface area contributed by atoms with Crippen molar-refractivity contribution in [3.05, 3.63) is 59.2 Å². The van der Waals surface area contributed by atoms with E-state index in [0.717, 1.165) is 6.92 Å². The van der Waals surface area contributed by atoms with E-state index in [0.29, 0.717) is 37.2 Å². The van der Waals surface area contributed by atoms with Gasteiger partial charge in [0.05, 0.1) is 41.9 Å². The van der Waals surface area contributed by atoms with E-state index in [2.05, 4.69) is 15.4 Å². The largest absolute Gasteiger partial charge is 0.507 e. The number of morpholine rings is 1. The van der Waals surface area contributed by atoms with Gasteiger partial charge in [-0.1, -0.05) is 18.2 Å². The second-order valence-electron chi connectivity index (χ2n) is 16.7. The van der Waals surface area contributed by atoms with E-state index >= 15 is 0 Å². The number of aliphatic hydroxyl groups is 3. The predicted octanol–water partition coefficient (Wildman–Crippen LogP) is 0.461. The monoisotopic (exact) mass is 847 g/mol. The summed E-state index contributed by atoms with van der Waals surface area (Å²) in [7, 11) is -4.50. The Morgan fingerprint density at radius 1 is 1.05 bits per heavy atom. The van der Waals surface area contributed by atoms with E-state index in [1.165, 1.54) is 36.4 Å². The summed E-state index contributed by atoms with van der Waals surface area (Å²) < 4.78 is 47.1. The van der Waals surface area contributed by atoms with Crippen molar-refractivity contribution in [1.82, 2.24) is 25.2 Å². The third-order valence-electron chi connectivity index (χ3n) is 11.0. The molecular weight excluding hydrogens is 791 g/mol. The summed E-state index contributed by atoms with van der Waals surface area (Å²) in [5.41, 5.74) is -2.56. The molecule has 0 aliphatic carbocycles. The third-order valence-corrected chi connectivity index (χ3v) is 12.4. The van der Waals surface area contributed by atoms with Gasteiger partial charge in [-0.3, -0.25) is 19.3 Å². The lowest BCUT2D eigenvalue weighted by atomic mass is 9.80. The number of rotatable bonds is 12. The van der Waals surface area contributed by atoms with Gasteiger partial charge in [-0.05, 0) is 82.9 Å². The van der Waals surface area contributed by atoms with Crippen LogP contribution in [0.25, 0.3) is 0 Å². The lowest BCUT2D eigenvalue weighted by Crippen LogP contribution is -2.69. The molecule has 3 heterocycles. The van der Waals surface area contributed by atoms with Crippen molar-refractivity contribution < 1.29 is 62.2 Å². The van der Waals surface area contributed by atoms with Crippen molar-refractivity contribution in [3.63, 3.8) is 0 Å². The number of sulfonamides is 1. The van der Waals surface area contributed by atoms with Gasteiger partial charge in [0.2, 0.25) is 5.91 Å². The van der Waals surface area contributed by atoms with E-state index in [9.17, 15) is 48.0 Å². The average Bonchev–Trinajstić information content (AvgIpc) is 3.59. The Kier molecular flexibility index (Phi) is 14.0. The summed E-state index contributed by atoms with van der Waals surface area (Å²) in [4.78, 5) is 56.4. The fourth-order valence-electron chi connectivity index (χ4n) is 7.93. The van der Waals surface area contributed by atoms with E-state index in [4.69, 9.17) is 14.2 Å². The van der Waals surface area contributed by atoms with Crippen molar-refractivity contribution in [2.75, 3.05) is 45.9 Å². The van der Waals surface area contributed by atoms with Crippen LogP contribution in [0.2, 0.25) is 0 Å². The molecule has 3 saturated heterocycles. The summed E-state index contributed by atoms with van der Waals surface area (Å²) in [6.45, 7) is 10.7. The topological polar surface area (TPSA) is 254 Å². The molecule has 18 nitrogen and oxygen atoms in total. The van der Waals surface area contributed by atoms with Crippen molar-refractivity contribution in [2.24, 2.45) is 0 Å². The Bertz CT molecular complexity index is 1960. The SMILES string of the molecule is CC(=O)N[C@H]1[C@H]([C@H](O)[C@H](O)CNC(=O)c2cc(C)c(O)c(C)c2)O[C@@](CCN2CCOC[C@@]23CCN(C(=O)OC(C)(C)C)C3)(C(=O)NS(=O)(=O)c2ccccc2)C[C@@H]1O. The number of amides is 4. The smallest absolute Gasteiger partial charge is 0.410 e. The maximum Gasteiger partial charge on any atom is 0.410 e. The molecule has 19 heteroatoms. The molecule has 0 radical (unpaired) electrons. The number of carbonyl (C=O) groups excluding carboxylic acids is 4. The van der Waals surface area contributed by atoms with E-state index in [1.54, 1.807) is 45.6 Å². The molecule has 7 N–H and O–H groups in total. The zero-order chi connectivity index (χ0) is 43.5. The van der Waals surface area contributed by atoms with Crippen molar-refractivity contribution >= 4 is 33.8 Å². The van der Waals surface area contributed by atoms with Crippen LogP contribution in [-0.4, -0.2) is 156 Å². The number of likely N-dealkylation sites (tertiary alicyclic amines) is 1. The molecule has 0 bridgehead atoms. The summed E-state index contributed by atoms with van der Waals surface area (Å²) in [6.07, 6.45) is -7.88. The van der Waals surface area contributed by atoms with Gasteiger partial charge in [0.1, 0.15) is 23.6 Å². The fourth-order valence-corrected chi connectivity index (χ4v) is 8.99. The second kappa shape index (κ2) is 18.1. The van der Waals surface area contributed by atoms with Gasteiger partial charge in [0.25, 0.3) is 21.8 Å². The molecule has 0 unspecified atom stereocenters. The van der Waals surface area contributed by atoms with E-state index in [1.807, 2.05) is 4.90 Å². The summed E-state index contributed by atoms with van der Waals surface area (Å²) >= 11 is 0. The average molecular weight is 848 g/mol. The normalized spacial score (nSPS) is 26.2. The number of aliphatic hydroxyl groups excluding tert-OH is 3. The number of hydrogen-bond donors (Lipinski definition) is 7. The number of phenolic OH excluding ortho intramolecular Hbond substituents is 1. The van der Waals surface area contributed by atoms with Crippen molar-refractivity contribution in [2.45, 2.75) is 113 Å². The van der Waals surface area contributed by atoms with Crippen LogP contribution >= 0.6 is 0 Å². The number of aromatic hydroxyl groups is 1. The first kappa shape index (κ1) is 45.7. The zero-order valence-electron chi connectivity index (χ0n) is 34.3. The summed E-state index contributed by atoms with van der Waals surface area (Å²) in [5.74, 6) is -2.41. The molecule has 4 amide bonds. The fraction of sp³-hybridized carbons (Fsp3) is 0.600. The van der Waals surface area contributed by atoms with Crippen LogP contribution in [-0.2, 0) is 33.8 Å². The minimum atomic E-state index is -4.50. The molecule has 0 aromatic heterocycles. The molecular formula is C40H57N5O13S. The van der Waals surface area contributed by atoms with Gasteiger partial charge in [0.15, 0.2) is 5.60 Å². The number of nitrogens with one attached hydrogen (secondary N) is 3. The number of benzene rings is 2. The molecule has 3 fully saturated rings. The Morgan fingerprint density at radius 3 is 2.34 bits per heavy atom. The second-order valence-corrected chi connectivity index (χ2v) is 18.4. The van der Waals surface area contributed by atoms with Crippen LogP contribution in [0.3, 0.4) is 0 Å². The number of hydrogen-bond acceptors (Lipinski definition) is 14. The van der Waals surface area contributed by atoms with Crippen molar-refractivity contribution in [1.29, 1.82) is 0 Å². The highest BCUT2D eigenvalue weighted by atomic mass is 32.2. The highest BCUT2D eigenvalue weighted by molar-refractivity contribution is 7.90. The number of aryl methyl sites for hydroxylation is 2. The van der Waals surface area contributed by atoms with Gasteiger partial charge >= 0.3 is 6.09 Å². The van der Waals surface area contributed by atoms with Gasteiger partial charge < -0.3 is 50.2 Å². The molecule has 1 spiro atoms. The molecule has 2 aromatic carbocycles. The number of ether oxygens (including phenoxy) is 3. The number of phenols is 1. The Morgan fingerprint density at radius 2 is 1.71 bits per heavy atom. The van der Waals surface area contributed by atoms with Gasteiger partial charge in [0, 0.05) is 51.6 Å². The molecule has 59 heavy (non-hydrogen) atoms. The maximum absolute atomic E-state index is 14.5. The quantitative estimate of drug-likeness (QED) is 0.153. The molecule has 3 aliphatic heterocycles. The first-order valence-electron chi connectivity index (χ1n) is 19.6. The minimum Gasteiger partial charge on any atom is -0.507 e. The van der Waals surface area contributed by atoms with Gasteiger partial charge in [-0.25, -0.2) is 17.9 Å². The highest BCUT2D eigenvalue weighted by Crippen LogP contribution is 2.38.